The van der Waals surface area contributed by atoms with Crippen molar-refractivity contribution >= 4 is 27.0 Å². The third-order valence-electron chi connectivity index (χ3n) is 4.25. The predicted octanol–water partition coefficient (Wildman–Crippen LogP) is 4.18. The van der Waals surface area contributed by atoms with E-state index in [1.54, 1.807) is 48.3 Å². The summed E-state index contributed by atoms with van der Waals surface area (Å²) in [5, 5.41) is 1.71. The molecule has 31 heavy (non-hydrogen) atoms. The van der Waals surface area contributed by atoms with Gasteiger partial charge in [0.2, 0.25) is 0 Å². The Kier molecular flexibility index (Phi) is 7.42. The third-order valence-corrected chi connectivity index (χ3v) is 5.96. The van der Waals surface area contributed by atoms with Gasteiger partial charge in [0.1, 0.15) is 29.0 Å². The molecule has 0 radical (unpaired) electrons. The SMILES string of the molecule is COC[C@H](C)Oc1cc(CC(=O)c2cscn2)cc(Oc2ccc(S(C)(=O)=O)cc2)c1. The molecule has 1 aromatic heterocycles. The summed E-state index contributed by atoms with van der Waals surface area (Å²) < 4.78 is 40.2. The largest absolute Gasteiger partial charge is 0.488 e. The van der Waals surface area contributed by atoms with E-state index in [0.29, 0.717) is 35.1 Å². The van der Waals surface area contributed by atoms with Crippen LogP contribution in [0.4, 0.5) is 0 Å². The molecule has 0 bridgehead atoms. The van der Waals surface area contributed by atoms with Crippen LogP contribution < -0.4 is 9.47 Å². The molecule has 1 heterocycles. The van der Waals surface area contributed by atoms with Crippen LogP contribution in [0.25, 0.3) is 0 Å². The van der Waals surface area contributed by atoms with Gasteiger partial charge in [-0.25, -0.2) is 13.4 Å². The highest BCUT2D eigenvalue weighted by Crippen LogP contribution is 2.29. The average molecular weight is 462 g/mol. The zero-order valence-electron chi connectivity index (χ0n) is 17.4. The molecule has 0 aliphatic heterocycles. The van der Waals surface area contributed by atoms with Gasteiger partial charge in [-0.15, -0.1) is 11.3 Å². The predicted molar refractivity (Wildman–Crippen MR) is 118 cm³/mol. The van der Waals surface area contributed by atoms with E-state index in [1.165, 1.54) is 23.5 Å². The molecule has 0 N–H and O–H groups in total. The molecular formula is C22H23NO6S2. The number of sulfone groups is 1. The second-order valence-electron chi connectivity index (χ2n) is 7.02. The number of aromatic nitrogens is 1. The minimum absolute atomic E-state index is 0.105. The Morgan fingerprint density at radius 1 is 1.10 bits per heavy atom. The molecular weight excluding hydrogens is 438 g/mol. The van der Waals surface area contributed by atoms with Crippen LogP contribution >= 0.6 is 11.3 Å². The molecule has 3 aromatic rings. The first-order valence-electron chi connectivity index (χ1n) is 9.43. The van der Waals surface area contributed by atoms with E-state index in [0.717, 1.165) is 6.26 Å². The number of carbonyl (C=O) groups is 1. The number of benzene rings is 2. The highest BCUT2D eigenvalue weighted by molar-refractivity contribution is 7.90. The van der Waals surface area contributed by atoms with Crippen molar-refractivity contribution in [2.45, 2.75) is 24.3 Å². The number of nitrogens with zero attached hydrogens (tertiary/aromatic N) is 1. The lowest BCUT2D eigenvalue weighted by atomic mass is 10.1. The van der Waals surface area contributed by atoms with Crippen LogP contribution in [0, 0.1) is 0 Å². The number of carbonyl (C=O) groups excluding carboxylic acids is 1. The maximum Gasteiger partial charge on any atom is 0.186 e. The summed E-state index contributed by atoms with van der Waals surface area (Å²) in [5.41, 5.74) is 2.75. The van der Waals surface area contributed by atoms with Gasteiger partial charge in [-0.1, -0.05) is 0 Å². The number of methoxy groups -OCH3 is 1. The Morgan fingerprint density at radius 3 is 2.42 bits per heavy atom. The molecule has 3 rings (SSSR count). The fourth-order valence-electron chi connectivity index (χ4n) is 2.88. The lowest BCUT2D eigenvalue weighted by Crippen LogP contribution is -2.18. The summed E-state index contributed by atoms with van der Waals surface area (Å²) >= 11 is 1.37. The topological polar surface area (TPSA) is 91.8 Å². The third kappa shape index (κ3) is 6.61. The van der Waals surface area contributed by atoms with Crippen LogP contribution in [0.1, 0.15) is 23.0 Å². The van der Waals surface area contributed by atoms with E-state index in [9.17, 15) is 13.2 Å². The molecule has 0 saturated heterocycles. The smallest absolute Gasteiger partial charge is 0.186 e. The molecule has 1 atom stereocenters. The van der Waals surface area contributed by atoms with E-state index in [4.69, 9.17) is 14.2 Å². The van der Waals surface area contributed by atoms with Crippen LogP contribution in [0.5, 0.6) is 17.2 Å². The fourth-order valence-corrected chi connectivity index (χ4v) is 4.06. The Morgan fingerprint density at radius 2 is 1.81 bits per heavy atom. The molecule has 0 unspecified atom stereocenters. The Hall–Kier alpha value is -2.75. The normalized spacial score (nSPS) is 12.4. The molecule has 9 heteroatoms. The molecule has 0 spiro atoms. The quantitative estimate of drug-likeness (QED) is 0.418. The summed E-state index contributed by atoms with van der Waals surface area (Å²) in [7, 11) is -1.70. The van der Waals surface area contributed by atoms with Crippen LogP contribution in [-0.2, 0) is 21.0 Å². The zero-order chi connectivity index (χ0) is 22.4. The van der Waals surface area contributed by atoms with Crippen molar-refractivity contribution in [2.75, 3.05) is 20.0 Å². The highest BCUT2D eigenvalue weighted by Gasteiger charge is 2.14. The van der Waals surface area contributed by atoms with E-state index >= 15 is 0 Å². The summed E-state index contributed by atoms with van der Waals surface area (Å²) in [6.07, 6.45) is 1.09. The number of ketones is 1. The average Bonchev–Trinajstić information content (AvgIpc) is 3.22. The molecule has 0 fully saturated rings. The molecule has 0 aliphatic carbocycles. The van der Waals surface area contributed by atoms with Crippen molar-refractivity contribution in [2.24, 2.45) is 0 Å². The van der Waals surface area contributed by atoms with Crippen LogP contribution in [-0.4, -0.2) is 45.3 Å². The standard InChI is InChI=1S/C22H23NO6S2/c1-15(12-27-2)28-18-8-16(10-22(24)21-13-30-14-23-21)9-19(11-18)29-17-4-6-20(7-5-17)31(3,25)26/h4-9,11,13-15H,10,12H2,1-3H3/t15-/m0/s1. The van der Waals surface area contributed by atoms with Crippen molar-refractivity contribution in [1.29, 1.82) is 0 Å². The first kappa shape index (κ1) is 22.9. The fraction of sp³-hybridized carbons (Fsp3) is 0.273. The molecule has 0 saturated carbocycles. The van der Waals surface area contributed by atoms with Crippen molar-refractivity contribution < 1.29 is 27.4 Å². The Labute approximate surface area is 185 Å². The summed E-state index contributed by atoms with van der Waals surface area (Å²) in [4.78, 5) is 16.8. The van der Waals surface area contributed by atoms with Crippen LogP contribution in [0.3, 0.4) is 0 Å². The molecule has 0 amide bonds. The van der Waals surface area contributed by atoms with Crippen LogP contribution in [0.15, 0.2) is 58.3 Å². The van der Waals surface area contributed by atoms with Gasteiger partial charge >= 0.3 is 0 Å². The van der Waals surface area contributed by atoms with Gasteiger partial charge < -0.3 is 14.2 Å². The Bertz CT molecular complexity index is 1130. The van der Waals surface area contributed by atoms with Gasteiger partial charge in [-0.05, 0) is 48.9 Å². The van der Waals surface area contributed by atoms with Gasteiger partial charge in [0, 0.05) is 31.2 Å². The van der Waals surface area contributed by atoms with Crippen LogP contribution in [0.2, 0.25) is 0 Å². The lowest BCUT2D eigenvalue weighted by molar-refractivity contribution is 0.0918. The second-order valence-corrected chi connectivity index (χ2v) is 9.75. The monoisotopic (exact) mass is 461 g/mol. The highest BCUT2D eigenvalue weighted by atomic mass is 32.2. The minimum Gasteiger partial charge on any atom is -0.488 e. The molecule has 164 valence electrons. The van der Waals surface area contributed by atoms with E-state index < -0.39 is 9.84 Å². The van der Waals surface area contributed by atoms with E-state index in [1.807, 2.05) is 6.92 Å². The molecule has 7 nitrogen and oxygen atoms in total. The Balaban J connectivity index is 1.85. The van der Waals surface area contributed by atoms with Gasteiger partial charge in [0.25, 0.3) is 0 Å². The van der Waals surface area contributed by atoms with Crippen molar-refractivity contribution in [1.82, 2.24) is 4.98 Å². The molecule has 0 aliphatic rings. The van der Waals surface area contributed by atoms with Crippen molar-refractivity contribution in [3.8, 4) is 17.2 Å². The number of ether oxygens (including phenoxy) is 3. The second kappa shape index (κ2) is 10.0. The summed E-state index contributed by atoms with van der Waals surface area (Å²) in [5.74, 6) is 1.37. The zero-order valence-corrected chi connectivity index (χ0v) is 19.0. The van der Waals surface area contributed by atoms with Gasteiger partial charge in [0.05, 0.1) is 17.0 Å². The van der Waals surface area contributed by atoms with E-state index in [2.05, 4.69) is 4.98 Å². The minimum atomic E-state index is -3.29. The van der Waals surface area contributed by atoms with Gasteiger partial charge in [-0.2, -0.15) is 0 Å². The number of hydrogen-bond donors (Lipinski definition) is 0. The van der Waals surface area contributed by atoms with Crippen molar-refractivity contribution in [3.05, 3.63) is 64.6 Å². The summed E-state index contributed by atoms with van der Waals surface area (Å²) in [6, 6.07) is 11.4. The maximum absolute atomic E-state index is 12.5. The van der Waals surface area contributed by atoms with Crippen molar-refractivity contribution in [3.63, 3.8) is 0 Å². The lowest BCUT2D eigenvalue weighted by Gasteiger charge is -2.16. The first-order valence-corrected chi connectivity index (χ1v) is 12.3. The van der Waals surface area contributed by atoms with E-state index in [-0.39, 0.29) is 23.2 Å². The molecule has 2 aromatic carbocycles. The maximum atomic E-state index is 12.5. The number of Topliss-reactive ketones (excluding diaryl/α,β-unsaturated/α-hetero) is 1. The first-order chi connectivity index (χ1) is 14.7. The number of rotatable bonds is 10. The number of thiazole rings is 1. The number of hydrogen-bond acceptors (Lipinski definition) is 8. The summed E-state index contributed by atoms with van der Waals surface area (Å²) in [6.45, 7) is 2.28. The van der Waals surface area contributed by atoms with Gasteiger partial charge in [-0.3, -0.25) is 4.79 Å². The van der Waals surface area contributed by atoms with Gasteiger partial charge in [0.15, 0.2) is 15.6 Å².